The van der Waals surface area contributed by atoms with Gasteiger partial charge in [-0.2, -0.15) is 0 Å². The highest BCUT2D eigenvalue weighted by atomic mass is 15.2. The van der Waals surface area contributed by atoms with Gasteiger partial charge in [-0.05, 0) is 24.7 Å². The van der Waals surface area contributed by atoms with Crippen LogP contribution in [0.25, 0.3) is 0 Å². The molecule has 4 heteroatoms. The molecule has 0 aromatic carbocycles. The van der Waals surface area contributed by atoms with Gasteiger partial charge in [0.15, 0.2) is 5.82 Å². The van der Waals surface area contributed by atoms with E-state index in [4.69, 9.17) is 5.73 Å². The lowest BCUT2D eigenvalue weighted by Gasteiger charge is -2.34. The number of nitrogen functional groups attached to an aromatic ring is 1. The molecular weight excluding hydrogens is 200 g/mol. The van der Waals surface area contributed by atoms with Crippen LogP contribution in [0, 0.1) is 11.8 Å². The number of anilines is 2. The van der Waals surface area contributed by atoms with Crippen molar-refractivity contribution in [3.05, 3.63) is 12.5 Å². The van der Waals surface area contributed by atoms with E-state index in [1.807, 2.05) is 0 Å². The van der Waals surface area contributed by atoms with Crippen LogP contribution in [0.5, 0.6) is 0 Å². The Kier molecular flexibility index (Phi) is 3.27. The molecule has 0 unspecified atom stereocenters. The predicted octanol–water partition coefficient (Wildman–Crippen LogP) is 1.93. The number of nitrogens with two attached hydrogens (primary N) is 1. The molecule has 16 heavy (non-hydrogen) atoms. The first-order valence-electron chi connectivity index (χ1n) is 5.99. The van der Waals surface area contributed by atoms with E-state index in [1.54, 1.807) is 12.5 Å². The van der Waals surface area contributed by atoms with Crippen molar-refractivity contribution >= 4 is 11.5 Å². The fraction of sp³-hybridized carbons (Fsp3) is 0.667. The van der Waals surface area contributed by atoms with Crippen LogP contribution in [0.3, 0.4) is 0 Å². The molecule has 0 aliphatic carbocycles. The zero-order valence-corrected chi connectivity index (χ0v) is 10.1. The van der Waals surface area contributed by atoms with E-state index in [2.05, 4.69) is 28.7 Å². The van der Waals surface area contributed by atoms with Crippen LogP contribution in [-0.2, 0) is 0 Å². The van der Waals surface area contributed by atoms with Crippen LogP contribution in [0.15, 0.2) is 12.5 Å². The third-order valence-corrected chi connectivity index (χ3v) is 3.50. The van der Waals surface area contributed by atoms with E-state index in [-0.39, 0.29) is 0 Å². The summed E-state index contributed by atoms with van der Waals surface area (Å²) in [6.07, 6.45) is 5.72. The topological polar surface area (TPSA) is 55.0 Å². The van der Waals surface area contributed by atoms with Crippen LogP contribution in [0.4, 0.5) is 11.5 Å². The van der Waals surface area contributed by atoms with Gasteiger partial charge in [-0.25, -0.2) is 9.97 Å². The summed E-state index contributed by atoms with van der Waals surface area (Å²) in [5, 5.41) is 0. The molecule has 0 saturated carbocycles. The van der Waals surface area contributed by atoms with Crippen molar-refractivity contribution < 1.29 is 0 Å². The molecule has 1 aliphatic heterocycles. The Balaban J connectivity index is 2.02. The van der Waals surface area contributed by atoms with Crippen molar-refractivity contribution in [2.75, 3.05) is 23.7 Å². The molecule has 2 rings (SSSR count). The third-order valence-electron chi connectivity index (χ3n) is 3.50. The van der Waals surface area contributed by atoms with Gasteiger partial charge in [0.25, 0.3) is 0 Å². The van der Waals surface area contributed by atoms with Crippen LogP contribution in [0.2, 0.25) is 0 Å². The minimum absolute atomic E-state index is 0.686. The van der Waals surface area contributed by atoms with Crippen molar-refractivity contribution in [2.24, 2.45) is 11.8 Å². The van der Waals surface area contributed by atoms with Crippen molar-refractivity contribution in [1.29, 1.82) is 0 Å². The molecular formula is C12H20N4. The smallest absolute Gasteiger partial charge is 0.155 e. The highest BCUT2D eigenvalue weighted by Crippen LogP contribution is 2.28. The van der Waals surface area contributed by atoms with Crippen LogP contribution < -0.4 is 10.6 Å². The first-order valence-corrected chi connectivity index (χ1v) is 5.99. The summed E-state index contributed by atoms with van der Waals surface area (Å²) in [6.45, 7) is 6.73. The molecule has 2 N–H and O–H groups in total. The number of rotatable bonds is 2. The highest BCUT2D eigenvalue weighted by molar-refractivity contribution is 5.60. The zero-order chi connectivity index (χ0) is 11.5. The van der Waals surface area contributed by atoms with Crippen molar-refractivity contribution in [3.8, 4) is 0 Å². The second-order valence-corrected chi connectivity index (χ2v) is 4.87. The maximum atomic E-state index is 5.88. The monoisotopic (exact) mass is 220 g/mol. The average Bonchev–Trinajstić information content (AvgIpc) is 2.30. The van der Waals surface area contributed by atoms with Gasteiger partial charge in [-0.15, -0.1) is 0 Å². The quantitative estimate of drug-likeness (QED) is 0.827. The molecule has 2 heterocycles. The third kappa shape index (κ3) is 2.26. The minimum atomic E-state index is 0.686. The Labute approximate surface area is 96.9 Å². The largest absolute Gasteiger partial charge is 0.394 e. The van der Waals surface area contributed by atoms with E-state index in [0.29, 0.717) is 5.69 Å². The number of hydrogen-bond donors (Lipinski definition) is 1. The number of nitrogens with zero attached hydrogens (tertiary/aromatic N) is 3. The van der Waals surface area contributed by atoms with E-state index in [1.165, 1.54) is 12.8 Å². The first kappa shape index (κ1) is 11.2. The molecule has 1 saturated heterocycles. The van der Waals surface area contributed by atoms with E-state index in [9.17, 15) is 0 Å². The van der Waals surface area contributed by atoms with E-state index in [0.717, 1.165) is 30.7 Å². The van der Waals surface area contributed by atoms with Gasteiger partial charge < -0.3 is 10.6 Å². The van der Waals surface area contributed by atoms with Crippen molar-refractivity contribution in [1.82, 2.24) is 9.97 Å². The van der Waals surface area contributed by atoms with Crippen LogP contribution in [-0.4, -0.2) is 23.1 Å². The Bertz CT molecular complexity index is 343. The summed E-state index contributed by atoms with van der Waals surface area (Å²) in [5.74, 6) is 2.53. The highest BCUT2D eigenvalue weighted by Gasteiger charge is 2.23. The lowest BCUT2D eigenvalue weighted by Crippen LogP contribution is -2.36. The standard InChI is InChI=1S/C12H20N4/c1-9(2)10-3-5-16(6-4-10)12-11(13)7-14-8-15-12/h7-10H,3-6,13H2,1-2H3. The maximum Gasteiger partial charge on any atom is 0.155 e. The van der Waals surface area contributed by atoms with E-state index >= 15 is 0 Å². The molecule has 88 valence electrons. The summed E-state index contributed by atoms with van der Waals surface area (Å²) in [6, 6.07) is 0. The van der Waals surface area contributed by atoms with Gasteiger partial charge in [-0.3, -0.25) is 0 Å². The summed E-state index contributed by atoms with van der Waals surface area (Å²) >= 11 is 0. The molecule has 0 atom stereocenters. The molecule has 1 fully saturated rings. The minimum Gasteiger partial charge on any atom is -0.394 e. The molecule has 4 nitrogen and oxygen atoms in total. The second kappa shape index (κ2) is 4.68. The van der Waals surface area contributed by atoms with Crippen LogP contribution >= 0.6 is 0 Å². The van der Waals surface area contributed by atoms with Gasteiger partial charge in [-0.1, -0.05) is 13.8 Å². The number of hydrogen-bond acceptors (Lipinski definition) is 4. The van der Waals surface area contributed by atoms with Gasteiger partial charge in [0.2, 0.25) is 0 Å². The van der Waals surface area contributed by atoms with Crippen LogP contribution in [0.1, 0.15) is 26.7 Å². The summed E-state index contributed by atoms with van der Waals surface area (Å²) in [7, 11) is 0. The zero-order valence-electron chi connectivity index (χ0n) is 10.1. The first-order chi connectivity index (χ1) is 7.68. The van der Waals surface area contributed by atoms with Gasteiger partial charge in [0.1, 0.15) is 6.33 Å². The maximum absolute atomic E-state index is 5.88. The Morgan fingerprint density at radius 1 is 1.38 bits per heavy atom. The molecule has 1 aromatic rings. The lowest BCUT2D eigenvalue weighted by molar-refractivity contribution is 0.311. The fourth-order valence-corrected chi connectivity index (χ4v) is 2.38. The average molecular weight is 220 g/mol. The van der Waals surface area contributed by atoms with E-state index < -0.39 is 0 Å². The lowest BCUT2D eigenvalue weighted by atomic mass is 9.87. The molecule has 0 bridgehead atoms. The predicted molar refractivity (Wildman–Crippen MR) is 66.2 cm³/mol. The Morgan fingerprint density at radius 2 is 2.06 bits per heavy atom. The molecule has 0 amide bonds. The van der Waals surface area contributed by atoms with Gasteiger partial charge in [0.05, 0.1) is 11.9 Å². The Hall–Kier alpha value is -1.32. The normalized spacial score (nSPS) is 18.1. The summed E-state index contributed by atoms with van der Waals surface area (Å²) in [5.41, 5.74) is 6.56. The van der Waals surface area contributed by atoms with Gasteiger partial charge in [0, 0.05) is 13.1 Å². The molecule has 0 spiro atoms. The molecule has 0 radical (unpaired) electrons. The number of piperidine rings is 1. The second-order valence-electron chi connectivity index (χ2n) is 4.87. The molecule has 1 aromatic heterocycles. The van der Waals surface area contributed by atoms with Crippen molar-refractivity contribution in [3.63, 3.8) is 0 Å². The Morgan fingerprint density at radius 3 is 2.62 bits per heavy atom. The molecule has 1 aliphatic rings. The van der Waals surface area contributed by atoms with Crippen molar-refractivity contribution in [2.45, 2.75) is 26.7 Å². The summed E-state index contributed by atoms with van der Waals surface area (Å²) < 4.78 is 0. The number of aromatic nitrogens is 2. The van der Waals surface area contributed by atoms with Gasteiger partial charge >= 0.3 is 0 Å². The summed E-state index contributed by atoms with van der Waals surface area (Å²) in [4.78, 5) is 10.5. The SMILES string of the molecule is CC(C)C1CCN(c2ncncc2N)CC1. The fourth-order valence-electron chi connectivity index (χ4n) is 2.38.